The van der Waals surface area contributed by atoms with Gasteiger partial charge in [0.15, 0.2) is 0 Å². The van der Waals surface area contributed by atoms with Crippen LogP contribution in [0.1, 0.15) is 40.0 Å². The van der Waals surface area contributed by atoms with Gasteiger partial charge in [0.25, 0.3) is 10.1 Å². The molecule has 2 bridgehead atoms. The highest BCUT2D eigenvalue weighted by Gasteiger charge is 2.57. The Labute approximate surface area is 98.7 Å². The van der Waals surface area contributed by atoms with Gasteiger partial charge >= 0.3 is 0 Å². The van der Waals surface area contributed by atoms with Crippen molar-refractivity contribution >= 4 is 10.1 Å². The summed E-state index contributed by atoms with van der Waals surface area (Å²) in [5, 5.41) is 0. The molecule has 4 atom stereocenters. The normalized spacial score (nSPS) is 41.5. The third kappa shape index (κ3) is 1.90. The number of rotatable bonds is 3. The fourth-order valence-corrected chi connectivity index (χ4v) is 4.45. The Balaban J connectivity index is 2.13. The van der Waals surface area contributed by atoms with Crippen LogP contribution in [0.3, 0.4) is 0 Å². The fourth-order valence-electron chi connectivity index (χ4n) is 3.78. The lowest BCUT2D eigenvalue weighted by molar-refractivity contribution is -0.152. The lowest BCUT2D eigenvalue weighted by Gasteiger charge is -2.62. The van der Waals surface area contributed by atoms with Crippen LogP contribution in [0.4, 0.5) is 0 Å². The molecule has 0 unspecified atom stereocenters. The highest BCUT2D eigenvalue weighted by Crippen LogP contribution is 2.62. The van der Waals surface area contributed by atoms with Crippen LogP contribution in [0.15, 0.2) is 0 Å². The van der Waals surface area contributed by atoms with E-state index >= 15 is 0 Å². The number of fused-ring (bicyclic) bond motifs is 2. The Bertz CT molecular complexity index is 372. The van der Waals surface area contributed by atoms with Gasteiger partial charge in [-0.05, 0) is 36.0 Å². The van der Waals surface area contributed by atoms with Gasteiger partial charge in [0, 0.05) is 0 Å². The fraction of sp³-hybridized carbons (Fsp3) is 1.00. The van der Waals surface area contributed by atoms with E-state index in [0.29, 0.717) is 23.2 Å². The highest BCUT2D eigenvalue weighted by molar-refractivity contribution is 7.86. The molecule has 3 fully saturated rings. The van der Waals surface area contributed by atoms with E-state index in [4.69, 9.17) is 4.18 Å². The van der Waals surface area contributed by atoms with Crippen LogP contribution in [-0.4, -0.2) is 20.8 Å². The summed E-state index contributed by atoms with van der Waals surface area (Å²) in [7, 11) is -3.31. The first-order valence-corrected chi connectivity index (χ1v) is 7.95. The molecule has 0 aromatic rings. The molecule has 3 aliphatic rings. The molecule has 0 N–H and O–H groups in total. The minimum absolute atomic E-state index is 0.0724. The molecule has 4 heteroatoms. The minimum atomic E-state index is -3.31. The van der Waals surface area contributed by atoms with Crippen molar-refractivity contribution in [3.8, 4) is 0 Å². The van der Waals surface area contributed by atoms with Crippen molar-refractivity contribution in [3.05, 3.63) is 0 Å². The summed E-state index contributed by atoms with van der Waals surface area (Å²) in [5.74, 6) is 1.70. The van der Waals surface area contributed by atoms with E-state index in [1.54, 1.807) is 0 Å². The van der Waals surface area contributed by atoms with E-state index < -0.39 is 10.1 Å². The predicted molar refractivity (Wildman–Crippen MR) is 63.5 cm³/mol. The van der Waals surface area contributed by atoms with Crippen LogP contribution in [-0.2, 0) is 14.3 Å². The van der Waals surface area contributed by atoms with Gasteiger partial charge < -0.3 is 0 Å². The molecule has 0 saturated heterocycles. The summed E-state index contributed by atoms with van der Waals surface area (Å²) < 4.78 is 27.7. The molecule has 94 valence electrons. The van der Waals surface area contributed by atoms with E-state index in [-0.39, 0.29) is 6.10 Å². The average molecular weight is 246 g/mol. The molecule has 3 rings (SSSR count). The standard InChI is InChI=1S/C12H22O3S/c1-5-9-10-6-8(12(10,2)3)7-11(9)15-16(4,13)14/h8-11H,5-7H2,1-4H3/t8-,9-,10+,11-/m0/s1. The molecule has 3 saturated carbocycles. The highest BCUT2D eigenvalue weighted by atomic mass is 32.2. The SMILES string of the molecule is CC[C@@H]1[C@@H](OS(C)(=O)=O)C[C@@H]2C[C@H]1C2(C)C. The summed E-state index contributed by atoms with van der Waals surface area (Å²) in [4.78, 5) is 0. The minimum Gasteiger partial charge on any atom is -0.267 e. The van der Waals surface area contributed by atoms with Crippen LogP contribution in [0.5, 0.6) is 0 Å². The molecular weight excluding hydrogens is 224 g/mol. The first-order valence-electron chi connectivity index (χ1n) is 6.14. The van der Waals surface area contributed by atoms with E-state index in [2.05, 4.69) is 20.8 Å². The second-order valence-electron chi connectivity index (χ2n) is 6.01. The van der Waals surface area contributed by atoms with Crippen molar-refractivity contribution in [2.24, 2.45) is 23.2 Å². The third-order valence-electron chi connectivity index (χ3n) is 4.83. The molecule has 3 aliphatic carbocycles. The molecule has 0 spiro atoms. The molecule has 0 aliphatic heterocycles. The molecule has 0 aromatic heterocycles. The van der Waals surface area contributed by atoms with Crippen LogP contribution < -0.4 is 0 Å². The first-order chi connectivity index (χ1) is 7.25. The van der Waals surface area contributed by atoms with Crippen molar-refractivity contribution in [2.75, 3.05) is 6.26 Å². The van der Waals surface area contributed by atoms with Crippen molar-refractivity contribution in [1.29, 1.82) is 0 Å². The number of hydrogen-bond donors (Lipinski definition) is 0. The summed E-state index contributed by atoms with van der Waals surface area (Å²) in [5.41, 5.74) is 0.387. The van der Waals surface area contributed by atoms with E-state index in [1.807, 2.05) is 0 Å². The van der Waals surface area contributed by atoms with Crippen molar-refractivity contribution < 1.29 is 12.6 Å². The maximum Gasteiger partial charge on any atom is 0.264 e. The lowest BCUT2D eigenvalue weighted by atomic mass is 9.44. The molecule has 0 aromatic carbocycles. The van der Waals surface area contributed by atoms with Gasteiger partial charge in [0.05, 0.1) is 12.4 Å². The molecule has 16 heavy (non-hydrogen) atoms. The van der Waals surface area contributed by atoms with Crippen LogP contribution >= 0.6 is 0 Å². The second-order valence-corrected chi connectivity index (χ2v) is 7.61. The van der Waals surface area contributed by atoms with Gasteiger partial charge in [-0.15, -0.1) is 0 Å². The van der Waals surface area contributed by atoms with Crippen LogP contribution in [0.25, 0.3) is 0 Å². The van der Waals surface area contributed by atoms with Gasteiger partial charge in [-0.25, -0.2) is 0 Å². The topological polar surface area (TPSA) is 43.4 Å². The van der Waals surface area contributed by atoms with Gasteiger partial charge in [-0.2, -0.15) is 8.42 Å². The molecule has 0 radical (unpaired) electrons. The summed E-state index contributed by atoms with van der Waals surface area (Å²) in [6.45, 7) is 6.76. The summed E-state index contributed by atoms with van der Waals surface area (Å²) in [6.07, 6.45) is 4.27. The van der Waals surface area contributed by atoms with Gasteiger partial charge in [-0.3, -0.25) is 4.18 Å². The van der Waals surface area contributed by atoms with Gasteiger partial charge in [-0.1, -0.05) is 27.2 Å². The summed E-state index contributed by atoms with van der Waals surface area (Å²) >= 11 is 0. The third-order valence-corrected chi connectivity index (χ3v) is 5.42. The number of hydrogen-bond acceptors (Lipinski definition) is 3. The molecule has 3 nitrogen and oxygen atoms in total. The zero-order chi connectivity index (χ0) is 12.1. The second kappa shape index (κ2) is 3.70. The Morgan fingerprint density at radius 2 is 1.94 bits per heavy atom. The quantitative estimate of drug-likeness (QED) is 0.718. The predicted octanol–water partition coefficient (Wildman–Crippen LogP) is 2.42. The lowest BCUT2D eigenvalue weighted by Crippen LogP contribution is -2.58. The smallest absolute Gasteiger partial charge is 0.264 e. The molecule has 0 heterocycles. The maximum absolute atomic E-state index is 11.2. The monoisotopic (exact) mass is 246 g/mol. The van der Waals surface area contributed by atoms with Crippen molar-refractivity contribution in [3.63, 3.8) is 0 Å². The summed E-state index contributed by atoms with van der Waals surface area (Å²) in [6, 6.07) is 0. The zero-order valence-corrected chi connectivity index (χ0v) is 11.4. The van der Waals surface area contributed by atoms with Crippen LogP contribution in [0, 0.1) is 23.2 Å². The molecule has 0 amide bonds. The Morgan fingerprint density at radius 1 is 1.31 bits per heavy atom. The maximum atomic E-state index is 11.2. The average Bonchev–Trinajstić information content (AvgIpc) is 2.14. The Morgan fingerprint density at radius 3 is 2.38 bits per heavy atom. The first kappa shape index (κ1) is 12.4. The van der Waals surface area contributed by atoms with E-state index in [0.717, 1.165) is 19.1 Å². The van der Waals surface area contributed by atoms with Gasteiger partial charge in [0.1, 0.15) is 0 Å². The van der Waals surface area contributed by atoms with Gasteiger partial charge in [0.2, 0.25) is 0 Å². The Kier molecular flexibility index (Phi) is 2.86. The van der Waals surface area contributed by atoms with E-state index in [1.165, 1.54) is 6.42 Å². The van der Waals surface area contributed by atoms with E-state index in [9.17, 15) is 8.42 Å². The van der Waals surface area contributed by atoms with Crippen molar-refractivity contribution in [1.82, 2.24) is 0 Å². The zero-order valence-electron chi connectivity index (χ0n) is 10.6. The Hall–Kier alpha value is -0.0900. The van der Waals surface area contributed by atoms with Crippen LogP contribution in [0.2, 0.25) is 0 Å². The molecular formula is C12H22O3S. The largest absolute Gasteiger partial charge is 0.267 e. The van der Waals surface area contributed by atoms with Crippen molar-refractivity contribution in [2.45, 2.75) is 46.1 Å².